The molecule has 0 unspecified atom stereocenters. The minimum absolute atomic E-state index is 0.00989. The molecule has 0 bridgehead atoms. The largest absolute Gasteiger partial charge is 0.468 e. The highest BCUT2D eigenvalue weighted by Crippen LogP contribution is 2.67. The number of halogens is 3. The van der Waals surface area contributed by atoms with Crippen LogP contribution in [0.15, 0.2) is 30.5 Å². The highest BCUT2D eigenvalue weighted by molar-refractivity contribution is 5.92. The predicted molar refractivity (Wildman–Crippen MR) is 75.0 cm³/mol. The zero-order chi connectivity index (χ0) is 17.8. The number of rotatable bonds is 2. The Morgan fingerprint density at radius 3 is 2.67 bits per heavy atom. The van der Waals surface area contributed by atoms with Crippen LogP contribution in [0.5, 0.6) is 0 Å². The topological polar surface area (TPSA) is 65.5 Å². The highest BCUT2D eigenvalue weighted by Gasteiger charge is 2.80. The summed E-state index contributed by atoms with van der Waals surface area (Å²) >= 11 is 0. The van der Waals surface area contributed by atoms with Crippen LogP contribution in [-0.2, 0) is 29.9 Å². The molecule has 2 aliphatic rings. The summed E-state index contributed by atoms with van der Waals surface area (Å²) in [6.45, 7) is 1.15. The Kier molecular flexibility index (Phi) is 3.47. The number of allylic oxidation sites excluding steroid dienone is 1. The van der Waals surface area contributed by atoms with Crippen LogP contribution in [0.4, 0.5) is 13.2 Å². The van der Waals surface area contributed by atoms with Crippen LogP contribution >= 0.6 is 0 Å². The molecule has 0 aliphatic heterocycles. The predicted octanol–water partition coefficient (Wildman–Crippen LogP) is 2.20. The number of fused-ring (bicyclic) bond motifs is 4. The minimum atomic E-state index is -4.74. The first-order valence-corrected chi connectivity index (χ1v) is 7.18. The minimum Gasteiger partial charge on any atom is -0.468 e. The first-order valence-electron chi connectivity index (χ1n) is 7.18. The molecule has 0 fully saturated rings. The summed E-state index contributed by atoms with van der Waals surface area (Å²) in [4.78, 5) is 27.6. The summed E-state index contributed by atoms with van der Waals surface area (Å²) in [6, 6.07) is 2.69. The second-order valence-corrected chi connectivity index (χ2v) is 5.81. The Labute approximate surface area is 135 Å². The maximum atomic E-state index is 14.0. The molecule has 0 saturated heterocycles. The summed E-state index contributed by atoms with van der Waals surface area (Å²) in [5, 5.41) is 0. The van der Waals surface area contributed by atoms with E-state index < -0.39 is 35.0 Å². The van der Waals surface area contributed by atoms with Crippen LogP contribution in [0.2, 0.25) is 0 Å². The van der Waals surface area contributed by atoms with E-state index >= 15 is 0 Å². The fourth-order valence-corrected chi connectivity index (χ4v) is 3.83. The molecule has 24 heavy (non-hydrogen) atoms. The van der Waals surface area contributed by atoms with Gasteiger partial charge in [-0.1, -0.05) is 12.1 Å². The first kappa shape index (κ1) is 16.5. The number of carbonyl (C=O) groups excluding carboxylic acids is 2. The third-order valence-electron chi connectivity index (χ3n) is 4.68. The number of carbonyl (C=O) groups is 2. The highest BCUT2D eigenvalue weighted by atomic mass is 19.4. The Hall–Kier alpha value is -2.38. The molecular formula is C16H14F3NO4. The molecule has 1 heterocycles. The van der Waals surface area contributed by atoms with E-state index in [9.17, 15) is 22.8 Å². The van der Waals surface area contributed by atoms with Gasteiger partial charge in [-0.15, -0.1) is 0 Å². The van der Waals surface area contributed by atoms with Crippen LogP contribution in [0.3, 0.4) is 0 Å². The summed E-state index contributed by atoms with van der Waals surface area (Å²) < 4.78 is 51.8. The van der Waals surface area contributed by atoms with E-state index in [2.05, 4.69) is 4.98 Å². The van der Waals surface area contributed by atoms with Gasteiger partial charge in [0.1, 0.15) is 16.9 Å². The van der Waals surface area contributed by atoms with Gasteiger partial charge in [-0.3, -0.25) is 14.6 Å². The number of hydrogen-bond donors (Lipinski definition) is 0. The van der Waals surface area contributed by atoms with E-state index in [1.807, 2.05) is 0 Å². The molecule has 0 amide bonds. The smallest absolute Gasteiger partial charge is 0.403 e. The van der Waals surface area contributed by atoms with Crippen molar-refractivity contribution in [1.82, 2.24) is 4.98 Å². The van der Waals surface area contributed by atoms with Gasteiger partial charge in [0, 0.05) is 19.5 Å². The van der Waals surface area contributed by atoms with Crippen molar-refractivity contribution < 1.29 is 32.2 Å². The van der Waals surface area contributed by atoms with Gasteiger partial charge in [-0.25, -0.2) is 0 Å². The summed E-state index contributed by atoms with van der Waals surface area (Å²) in [5.41, 5.74) is -4.67. The Morgan fingerprint density at radius 1 is 1.38 bits per heavy atom. The molecule has 2 aliphatic carbocycles. The molecule has 128 valence electrons. The fraction of sp³-hybridized carbons (Fsp3) is 0.438. The summed E-state index contributed by atoms with van der Waals surface area (Å²) in [5.74, 6) is -1.70. The second-order valence-electron chi connectivity index (χ2n) is 5.81. The molecule has 3 rings (SSSR count). The van der Waals surface area contributed by atoms with E-state index in [1.165, 1.54) is 24.4 Å². The number of pyridine rings is 1. The monoisotopic (exact) mass is 341 g/mol. The number of hydrogen-bond acceptors (Lipinski definition) is 5. The number of methoxy groups -OCH3 is 1. The average molecular weight is 341 g/mol. The maximum absolute atomic E-state index is 14.0. The molecule has 1 aromatic rings. The van der Waals surface area contributed by atoms with Crippen molar-refractivity contribution in [3.8, 4) is 0 Å². The van der Waals surface area contributed by atoms with Crippen LogP contribution in [0.25, 0.3) is 0 Å². The number of alkyl halides is 3. The van der Waals surface area contributed by atoms with E-state index in [-0.39, 0.29) is 17.7 Å². The second kappa shape index (κ2) is 5.06. The van der Waals surface area contributed by atoms with E-state index in [1.54, 1.807) is 0 Å². The van der Waals surface area contributed by atoms with Crippen molar-refractivity contribution in [1.29, 1.82) is 0 Å². The summed E-state index contributed by atoms with van der Waals surface area (Å²) in [6.07, 6.45) is -2.69. The van der Waals surface area contributed by atoms with Crippen molar-refractivity contribution in [2.45, 2.75) is 36.5 Å². The fourth-order valence-electron chi connectivity index (χ4n) is 3.83. The number of aromatic nitrogens is 1. The Bertz CT molecular complexity index is 745. The molecule has 0 radical (unpaired) electrons. The average Bonchev–Trinajstić information content (AvgIpc) is 2.50. The van der Waals surface area contributed by atoms with E-state index in [4.69, 9.17) is 9.47 Å². The molecule has 8 heteroatoms. The molecular weight excluding hydrogens is 327 g/mol. The molecule has 0 saturated carbocycles. The third kappa shape index (κ3) is 1.79. The molecule has 0 aromatic carbocycles. The zero-order valence-corrected chi connectivity index (χ0v) is 12.9. The van der Waals surface area contributed by atoms with E-state index in [0.717, 1.165) is 20.1 Å². The molecule has 0 N–H and O–H groups in total. The third-order valence-corrected chi connectivity index (χ3v) is 4.68. The SMILES string of the molecule is COC(=O)[C@]12C[C@H](OC(C)=O)C=C[C@@]1(C(F)(F)F)c1cccnc12. The van der Waals surface area contributed by atoms with Gasteiger partial charge in [0.25, 0.3) is 0 Å². The van der Waals surface area contributed by atoms with Gasteiger partial charge >= 0.3 is 18.1 Å². The Morgan fingerprint density at radius 2 is 2.08 bits per heavy atom. The van der Waals surface area contributed by atoms with Gasteiger partial charge in [0.15, 0.2) is 0 Å². The van der Waals surface area contributed by atoms with Gasteiger partial charge < -0.3 is 9.47 Å². The number of ether oxygens (including phenoxy) is 2. The number of nitrogens with zero attached hydrogens (tertiary/aromatic N) is 1. The van der Waals surface area contributed by atoms with Crippen molar-refractivity contribution in [2.24, 2.45) is 0 Å². The Balaban J connectivity index is 2.26. The van der Waals surface area contributed by atoms with Crippen molar-refractivity contribution in [3.05, 3.63) is 41.7 Å². The van der Waals surface area contributed by atoms with Crippen LogP contribution in [0.1, 0.15) is 24.6 Å². The van der Waals surface area contributed by atoms with Crippen LogP contribution in [0, 0.1) is 0 Å². The van der Waals surface area contributed by atoms with Crippen molar-refractivity contribution >= 4 is 11.9 Å². The van der Waals surface area contributed by atoms with Crippen LogP contribution < -0.4 is 0 Å². The standard InChI is InChI=1S/C16H14F3NO4/c1-9(21)24-10-5-6-15(16(17,18)19)11-4-3-7-20-12(11)14(15,8-10)13(22)23-2/h3-7,10H,8H2,1-2H3/t10-,14-,15-/m1/s1. The molecule has 3 atom stereocenters. The molecule has 0 spiro atoms. The van der Waals surface area contributed by atoms with Gasteiger partial charge in [0.05, 0.1) is 12.8 Å². The van der Waals surface area contributed by atoms with Crippen molar-refractivity contribution in [3.63, 3.8) is 0 Å². The molecule has 1 aromatic heterocycles. The lowest BCUT2D eigenvalue weighted by Gasteiger charge is -2.58. The summed E-state index contributed by atoms with van der Waals surface area (Å²) in [7, 11) is 1.03. The molecule has 5 nitrogen and oxygen atoms in total. The maximum Gasteiger partial charge on any atom is 0.403 e. The van der Waals surface area contributed by atoms with Crippen LogP contribution in [-0.4, -0.2) is 36.3 Å². The first-order chi connectivity index (χ1) is 11.2. The number of esters is 2. The van der Waals surface area contributed by atoms with Gasteiger partial charge in [-0.05, 0) is 17.7 Å². The normalized spacial score (nSPS) is 30.6. The van der Waals surface area contributed by atoms with Crippen molar-refractivity contribution in [2.75, 3.05) is 7.11 Å². The quantitative estimate of drug-likeness (QED) is 0.609. The van der Waals surface area contributed by atoms with Gasteiger partial charge in [0.2, 0.25) is 0 Å². The lowest BCUT2D eigenvalue weighted by Crippen LogP contribution is -2.71. The zero-order valence-electron chi connectivity index (χ0n) is 12.9. The van der Waals surface area contributed by atoms with Gasteiger partial charge in [-0.2, -0.15) is 13.2 Å². The van der Waals surface area contributed by atoms with E-state index in [0.29, 0.717) is 0 Å². The lowest BCUT2D eigenvalue weighted by molar-refractivity contribution is -0.221. The lowest BCUT2D eigenvalue weighted by atomic mass is 9.44.